The maximum Gasteiger partial charge on any atom is 0.269 e. The van der Waals surface area contributed by atoms with Crippen LogP contribution in [0.5, 0.6) is 0 Å². The van der Waals surface area contributed by atoms with E-state index in [1.807, 2.05) is 20.8 Å². The maximum absolute atomic E-state index is 12.4. The monoisotopic (exact) mass is 317 g/mol. The fraction of sp³-hybridized carbons (Fsp3) is 0.583. The van der Waals surface area contributed by atoms with Crippen LogP contribution in [-0.2, 0) is 14.8 Å². The Hall–Kier alpha value is -1.21. The van der Waals surface area contributed by atoms with Crippen LogP contribution < -0.4 is 0 Å². The van der Waals surface area contributed by atoms with Crippen molar-refractivity contribution in [2.75, 3.05) is 6.54 Å². The SMILES string of the molecule is CC(C)(C)C1CC(=O)N(S(=O)(=O)c2cnc(Cl)nc2)C1. The standard InChI is InChI=1S/C12H16ClN3O3S/c1-12(2,3)8-4-10(17)16(7-8)20(18,19)9-5-14-11(13)15-6-9/h5-6,8H,4,7H2,1-3H3. The summed E-state index contributed by atoms with van der Waals surface area (Å²) in [6.07, 6.45) is 2.46. The molecule has 0 spiro atoms. The number of amides is 1. The molecule has 20 heavy (non-hydrogen) atoms. The minimum absolute atomic E-state index is 0.00186. The third kappa shape index (κ3) is 2.78. The molecule has 1 atom stereocenters. The minimum atomic E-state index is -3.90. The van der Waals surface area contributed by atoms with Gasteiger partial charge in [0.1, 0.15) is 4.90 Å². The van der Waals surface area contributed by atoms with E-state index < -0.39 is 10.0 Å². The number of hydrogen-bond donors (Lipinski definition) is 0. The summed E-state index contributed by atoms with van der Waals surface area (Å²) in [4.78, 5) is 19.2. The fourth-order valence-corrected chi connectivity index (χ4v) is 3.49. The van der Waals surface area contributed by atoms with Crippen molar-refractivity contribution in [3.63, 3.8) is 0 Å². The molecule has 110 valence electrons. The zero-order valence-electron chi connectivity index (χ0n) is 11.5. The Kier molecular flexibility index (Phi) is 3.77. The molecule has 1 amide bonds. The third-order valence-corrected chi connectivity index (χ3v) is 5.43. The summed E-state index contributed by atoms with van der Waals surface area (Å²) in [6.45, 7) is 6.17. The second-order valence-electron chi connectivity index (χ2n) is 5.88. The van der Waals surface area contributed by atoms with Crippen molar-refractivity contribution in [1.29, 1.82) is 0 Å². The number of aromatic nitrogens is 2. The Morgan fingerprint density at radius 1 is 1.30 bits per heavy atom. The van der Waals surface area contributed by atoms with Crippen LogP contribution in [0.4, 0.5) is 0 Å². The highest BCUT2D eigenvalue weighted by Crippen LogP contribution is 2.36. The van der Waals surface area contributed by atoms with Gasteiger partial charge in [0.15, 0.2) is 0 Å². The Bertz CT molecular complexity index is 622. The van der Waals surface area contributed by atoms with Gasteiger partial charge in [-0.05, 0) is 22.9 Å². The van der Waals surface area contributed by atoms with Crippen molar-refractivity contribution in [2.24, 2.45) is 11.3 Å². The van der Waals surface area contributed by atoms with Crippen molar-refractivity contribution in [1.82, 2.24) is 14.3 Å². The smallest absolute Gasteiger partial charge is 0.269 e. The van der Waals surface area contributed by atoms with E-state index in [-0.39, 0.29) is 40.4 Å². The maximum atomic E-state index is 12.4. The van der Waals surface area contributed by atoms with Crippen LogP contribution in [0.1, 0.15) is 27.2 Å². The predicted molar refractivity (Wildman–Crippen MR) is 73.5 cm³/mol. The molecule has 1 saturated heterocycles. The number of halogens is 1. The van der Waals surface area contributed by atoms with E-state index in [9.17, 15) is 13.2 Å². The van der Waals surface area contributed by atoms with Crippen LogP contribution >= 0.6 is 11.6 Å². The lowest BCUT2D eigenvalue weighted by Gasteiger charge is -2.26. The highest BCUT2D eigenvalue weighted by atomic mass is 35.5. The number of hydrogen-bond acceptors (Lipinski definition) is 5. The van der Waals surface area contributed by atoms with E-state index in [4.69, 9.17) is 11.6 Å². The van der Waals surface area contributed by atoms with Gasteiger partial charge in [-0.2, -0.15) is 0 Å². The lowest BCUT2D eigenvalue weighted by atomic mass is 9.80. The molecule has 8 heteroatoms. The Morgan fingerprint density at radius 2 is 1.85 bits per heavy atom. The van der Waals surface area contributed by atoms with Crippen LogP contribution in [-0.4, -0.2) is 35.1 Å². The fourth-order valence-electron chi connectivity index (χ4n) is 2.05. The zero-order chi connectivity index (χ0) is 15.1. The Balaban J connectivity index is 2.31. The third-order valence-electron chi connectivity index (χ3n) is 3.49. The average molecular weight is 318 g/mol. The van der Waals surface area contributed by atoms with E-state index in [1.165, 1.54) is 0 Å². The molecule has 1 aliphatic rings. The summed E-state index contributed by atoms with van der Waals surface area (Å²) in [5.74, 6) is -0.391. The molecule has 0 aliphatic carbocycles. The van der Waals surface area contributed by atoms with E-state index in [0.29, 0.717) is 0 Å². The summed E-state index contributed by atoms with van der Waals surface area (Å²) in [5.41, 5.74) is -0.129. The van der Waals surface area contributed by atoms with Crippen molar-refractivity contribution >= 4 is 27.5 Å². The van der Waals surface area contributed by atoms with Gasteiger partial charge in [0.2, 0.25) is 11.2 Å². The minimum Gasteiger partial charge on any atom is -0.274 e. The Labute approximate surface area is 123 Å². The second-order valence-corrected chi connectivity index (χ2v) is 8.09. The molecule has 2 heterocycles. The molecular formula is C12H16ClN3O3S. The number of rotatable bonds is 2. The molecule has 0 bridgehead atoms. The lowest BCUT2D eigenvalue weighted by molar-refractivity contribution is -0.123. The normalized spacial score (nSPS) is 20.5. The second kappa shape index (κ2) is 4.96. The van der Waals surface area contributed by atoms with Crippen molar-refractivity contribution in [2.45, 2.75) is 32.1 Å². The molecule has 6 nitrogen and oxygen atoms in total. The molecule has 0 aromatic carbocycles. The molecule has 1 fully saturated rings. The largest absolute Gasteiger partial charge is 0.274 e. The van der Waals surface area contributed by atoms with Gasteiger partial charge in [-0.15, -0.1) is 0 Å². The topological polar surface area (TPSA) is 80.2 Å². The van der Waals surface area contributed by atoms with Gasteiger partial charge < -0.3 is 0 Å². The highest BCUT2D eigenvalue weighted by molar-refractivity contribution is 7.89. The van der Waals surface area contributed by atoms with Crippen molar-refractivity contribution in [3.8, 4) is 0 Å². The average Bonchev–Trinajstić information content (AvgIpc) is 2.72. The predicted octanol–water partition coefficient (Wildman–Crippen LogP) is 1.71. The molecule has 1 unspecified atom stereocenters. The van der Waals surface area contributed by atoms with Crippen LogP contribution in [0.25, 0.3) is 0 Å². The summed E-state index contributed by atoms with van der Waals surface area (Å²) in [6, 6.07) is 0. The summed E-state index contributed by atoms with van der Waals surface area (Å²) in [5, 5.41) is -0.0377. The van der Waals surface area contributed by atoms with Gasteiger partial charge in [-0.1, -0.05) is 20.8 Å². The van der Waals surface area contributed by atoms with Gasteiger partial charge in [0.25, 0.3) is 10.0 Å². The van der Waals surface area contributed by atoms with E-state index >= 15 is 0 Å². The molecule has 2 rings (SSSR count). The van der Waals surface area contributed by atoms with Gasteiger partial charge >= 0.3 is 0 Å². The van der Waals surface area contributed by atoms with Crippen molar-refractivity contribution in [3.05, 3.63) is 17.7 Å². The van der Waals surface area contributed by atoms with E-state index in [2.05, 4.69) is 9.97 Å². The lowest BCUT2D eigenvalue weighted by Crippen LogP contribution is -2.33. The first kappa shape index (κ1) is 15.2. The number of nitrogens with zero attached hydrogens (tertiary/aromatic N) is 3. The van der Waals surface area contributed by atoms with Crippen LogP contribution in [0, 0.1) is 11.3 Å². The van der Waals surface area contributed by atoms with Gasteiger partial charge in [0.05, 0.1) is 12.4 Å². The van der Waals surface area contributed by atoms with Crippen LogP contribution in [0.2, 0.25) is 5.28 Å². The first-order chi connectivity index (χ1) is 9.12. The summed E-state index contributed by atoms with van der Waals surface area (Å²) in [7, 11) is -3.90. The zero-order valence-corrected chi connectivity index (χ0v) is 13.1. The summed E-state index contributed by atoms with van der Waals surface area (Å²) < 4.78 is 25.7. The van der Waals surface area contributed by atoms with Gasteiger partial charge in [0, 0.05) is 13.0 Å². The number of sulfonamides is 1. The molecule has 1 aromatic heterocycles. The van der Waals surface area contributed by atoms with Crippen LogP contribution in [0.3, 0.4) is 0 Å². The van der Waals surface area contributed by atoms with Crippen LogP contribution in [0.15, 0.2) is 17.3 Å². The van der Waals surface area contributed by atoms with Gasteiger partial charge in [-0.25, -0.2) is 22.7 Å². The van der Waals surface area contributed by atoms with Crippen molar-refractivity contribution < 1.29 is 13.2 Å². The summed E-state index contributed by atoms with van der Waals surface area (Å²) >= 11 is 5.54. The number of carbonyl (C=O) groups excluding carboxylic acids is 1. The van der Waals surface area contributed by atoms with E-state index in [1.54, 1.807) is 0 Å². The molecule has 0 radical (unpaired) electrons. The Morgan fingerprint density at radius 3 is 2.30 bits per heavy atom. The molecule has 0 N–H and O–H groups in total. The molecular weight excluding hydrogens is 302 g/mol. The quantitative estimate of drug-likeness (QED) is 0.776. The van der Waals surface area contributed by atoms with E-state index in [0.717, 1.165) is 16.7 Å². The molecule has 1 aromatic rings. The van der Waals surface area contributed by atoms with Gasteiger partial charge in [-0.3, -0.25) is 4.79 Å². The molecule has 0 saturated carbocycles. The first-order valence-corrected chi connectivity index (χ1v) is 7.97. The first-order valence-electron chi connectivity index (χ1n) is 6.15. The number of carbonyl (C=O) groups is 1. The molecule has 1 aliphatic heterocycles. The highest BCUT2D eigenvalue weighted by Gasteiger charge is 2.42.